The van der Waals surface area contributed by atoms with Crippen LogP contribution in [-0.4, -0.2) is 28.0 Å². The molecule has 140 valence electrons. The maximum Gasteiger partial charge on any atom is 0.325 e. The second-order valence-corrected chi connectivity index (χ2v) is 8.24. The Morgan fingerprint density at radius 2 is 1.92 bits per heavy atom. The number of carbonyl (C=O) groups is 1. The number of carboxylic acid groups (broad SMARTS) is 1. The van der Waals surface area contributed by atoms with Gasteiger partial charge in [-0.2, -0.15) is 5.10 Å². The first-order valence-electron chi connectivity index (χ1n) is 9.06. The number of rotatable bonds is 5. The average Bonchev–Trinajstić information content (AvgIpc) is 2.97. The van der Waals surface area contributed by atoms with Gasteiger partial charge in [-0.05, 0) is 61.3 Å². The SMILES string of the molecule is COc1c(C)cc(Cc2c(C)nn(CC(=O)O)c2C)c2c1CC(C)(C)C2. The summed E-state index contributed by atoms with van der Waals surface area (Å²) in [4.78, 5) is 11.1. The van der Waals surface area contributed by atoms with Crippen LogP contribution in [0.4, 0.5) is 0 Å². The molecule has 3 rings (SSSR count). The number of aromatic nitrogens is 2. The molecule has 0 amide bonds. The lowest BCUT2D eigenvalue weighted by molar-refractivity contribution is -0.137. The predicted molar refractivity (Wildman–Crippen MR) is 101 cm³/mol. The minimum atomic E-state index is -0.870. The van der Waals surface area contributed by atoms with Gasteiger partial charge in [-0.15, -0.1) is 0 Å². The highest BCUT2D eigenvalue weighted by Crippen LogP contribution is 2.44. The van der Waals surface area contributed by atoms with Crippen LogP contribution in [0.2, 0.25) is 0 Å². The standard InChI is InChI=1S/C21H28N2O3/c1-12-7-15(17-9-21(4,5)10-18(17)20(12)26-6)8-16-13(2)22-23(14(16)3)11-19(24)25/h7H,8-11H2,1-6H3,(H,24,25). The third kappa shape index (κ3) is 3.22. The van der Waals surface area contributed by atoms with E-state index in [1.165, 1.54) is 16.7 Å². The van der Waals surface area contributed by atoms with Gasteiger partial charge >= 0.3 is 5.97 Å². The summed E-state index contributed by atoms with van der Waals surface area (Å²) in [7, 11) is 1.75. The molecule has 1 aromatic heterocycles. The lowest BCUT2D eigenvalue weighted by Gasteiger charge is -2.16. The molecule has 1 aromatic carbocycles. The average molecular weight is 356 g/mol. The number of ether oxygens (including phenoxy) is 1. The minimum absolute atomic E-state index is 0.0978. The topological polar surface area (TPSA) is 64.4 Å². The number of aliphatic carboxylic acids is 1. The van der Waals surface area contributed by atoms with Crippen LogP contribution in [0.1, 0.15) is 53.1 Å². The Labute approximate surface area is 155 Å². The quantitative estimate of drug-likeness (QED) is 0.889. The van der Waals surface area contributed by atoms with Crippen LogP contribution in [0.15, 0.2) is 6.07 Å². The van der Waals surface area contributed by atoms with E-state index in [1.54, 1.807) is 11.8 Å². The smallest absolute Gasteiger partial charge is 0.325 e. The molecule has 5 heteroatoms. The molecule has 0 fully saturated rings. The van der Waals surface area contributed by atoms with E-state index < -0.39 is 5.97 Å². The third-order valence-corrected chi connectivity index (χ3v) is 5.47. The van der Waals surface area contributed by atoms with Gasteiger partial charge in [-0.25, -0.2) is 0 Å². The molecule has 1 heterocycles. The molecule has 2 aromatic rings. The number of carboxylic acids is 1. The van der Waals surface area contributed by atoms with Crippen LogP contribution in [0.25, 0.3) is 0 Å². The highest BCUT2D eigenvalue weighted by Gasteiger charge is 2.33. The summed E-state index contributed by atoms with van der Waals surface area (Å²) in [6, 6.07) is 2.23. The number of fused-ring (bicyclic) bond motifs is 1. The van der Waals surface area contributed by atoms with Crippen molar-refractivity contribution in [3.63, 3.8) is 0 Å². The molecule has 0 spiro atoms. The van der Waals surface area contributed by atoms with Crippen molar-refractivity contribution in [3.05, 3.63) is 45.3 Å². The van der Waals surface area contributed by atoms with E-state index in [0.29, 0.717) is 0 Å². The van der Waals surface area contributed by atoms with E-state index in [0.717, 1.165) is 47.5 Å². The fourth-order valence-corrected chi connectivity index (χ4v) is 4.31. The van der Waals surface area contributed by atoms with Crippen LogP contribution < -0.4 is 4.74 Å². The second kappa shape index (κ2) is 6.45. The molecule has 0 bridgehead atoms. The van der Waals surface area contributed by atoms with Gasteiger partial charge in [0.25, 0.3) is 0 Å². The second-order valence-electron chi connectivity index (χ2n) is 8.24. The fourth-order valence-electron chi connectivity index (χ4n) is 4.31. The fraction of sp³-hybridized carbons (Fsp3) is 0.524. The summed E-state index contributed by atoms with van der Waals surface area (Å²) in [5.74, 6) is 0.148. The van der Waals surface area contributed by atoms with E-state index in [4.69, 9.17) is 9.84 Å². The van der Waals surface area contributed by atoms with Crippen molar-refractivity contribution in [2.75, 3.05) is 7.11 Å². The first-order valence-corrected chi connectivity index (χ1v) is 9.06. The molecular formula is C21H28N2O3. The van der Waals surface area contributed by atoms with Crippen LogP contribution in [0, 0.1) is 26.2 Å². The summed E-state index contributed by atoms with van der Waals surface area (Å²) in [5.41, 5.74) is 8.39. The number of hydrogen-bond donors (Lipinski definition) is 1. The highest BCUT2D eigenvalue weighted by molar-refractivity contribution is 5.66. The first-order chi connectivity index (χ1) is 12.1. The zero-order valence-electron chi connectivity index (χ0n) is 16.6. The van der Waals surface area contributed by atoms with Crippen LogP contribution >= 0.6 is 0 Å². The van der Waals surface area contributed by atoms with Crippen LogP contribution in [0.5, 0.6) is 5.75 Å². The van der Waals surface area contributed by atoms with Crippen molar-refractivity contribution in [2.24, 2.45) is 5.41 Å². The Balaban J connectivity index is 2.05. The Morgan fingerprint density at radius 1 is 1.27 bits per heavy atom. The van der Waals surface area contributed by atoms with E-state index in [9.17, 15) is 4.79 Å². The number of methoxy groups -OCH3 is 1. The van der Waals surface area contributed by atoms with Crippen molar-refractivity contribution in [3.8, 4) is 5.75 Å². The van der Waals surface area contributed by atoms with E-state index in [1.807, 2.05) is 13.8 Å². The van der Waals surface area contributed by atoms with Crippen LogP contribution in [-0.2, 0) is 30.6 Å². The third-order valence-electron chi connectivity index (χ3n) is 5.47. The maximum absolute atomic E-state index is 11.1. The normalized spacial score (nSPS) is 15.2. The maximum atomic E-state index is 11.1. The molecular weight excluding hydrogens is 328 g/mol. The van der Waals surface area contributed by atoms with Crippen molar-refractivity contribution in [2.45, 2.75) is 60.4 Å². The van der Waals surface area contributed by atoms with Gasteiger partial charge in [-0.3, -0.25) is 9.48 Å². The van der Waals surface area contributed by atoms with E-state index in [2.05, 4.69) is 31.9 Å². The van der Waals surface area contributed by atoms with Gasteiger partial charge in [0.1, 0.15) is 12.3 Å². The Bertz CT molecular complexity index is 878. The first kappa shape index (κ1) is 18.5. The summed E-state index contributed by atoms with van der Waals surface area (Å²) >= 11 is 0. The molecule has 0 unspecified atom stereocenters. The van der Waals surface area contributed by atoms with Gasteiger partial charge < -0.3 is 9.84 Å². The van der Waals surface area contributed by atoms with E-state index >= 15 is 0 Å². The number of nitrogens with zero attached hydrogens (tertiary/aromatic N) is 2. The molecule has 0 aliphatic heterocycles. The molecule has 1 aliphatic rings. The predicted octanol–water partition coefficient (Wildman–Crippen LogP) is 3.62. The number of hydrogen-bond acceptors (Lipinski definition) is 3. The number of aryl methyl sites for hydroxylation is 2. The van der Waals surface area contributed by atoms with Crippen molar-refractivity contribution < 1.29 is 14.6 Å². The van der Waals surface area contributed by atoms with Crippen molar-refractivity contribution >= 4 is 5.97 Å². The number of benzene rings is 1. The van der Waals surface area contributed by atoms with Gasteiger partial charge in [0, 0.05) is 17.7 Å². The summed E-state index contributed by atoms with van der Waals surface area (Å²) in [6.07, 6.45) is 2.84. The lowest BCUT2D eigenvalue weighted by atomic mass is 9.89. The molecule has 0 radical (unpaired) electrons. The van der Waals surface area contributed by atoms with Crippen LogP contribution in [0.3, 0.4) is 0 Å². The lowest BCUT2D eigenvalue weighted by Crippen LogP contribution is -2.12. The summed E-state index contributed by atoms with van der Waals surface area (Å²) in [5, 5.41) is 13.5. The molecule has 1 N–H and O–H groups in total. The van der Waals surface area contributed by atoms with Crippen molar-refractivity contribution in [1.82, 2.24) is 9.78 Å². The monoisotopic (exact) mass is 356 g/mol. The minimum Gasteiger partial charge on any atom is -0.496 e. The molecule has 5 nitrogen and oxygen atoms in total. The zero-order chi connectivity index (χ0) is 19.2. The van der Waals surface area contributed by atoms with Gasteiger partial charge in [0.05, 0.1) is 12.8 Å². The molecule has 26 heavy (non-hydrogen) atoms. The van der Waals surface area contributed by atoms with Gasteiger partial charge in [0.2, 0.25) is 0 Å². The Kier molecular flexibility index (Phi) is 4.59. The van der Waals surface area contributed by atoms with Crippen molar-refractivity contribution in [1.29, 1.82) is 0 Å². The van der Waals surface area contributed by atoms with Gasteiger partial charge in [-0.1, -0.05) is 19.9 Å². The molecule has 0 saturated heterocycles. The zero-order valence-corrected chi connectivity index (χ0v) is 16.6. The Morgan fingerprint density at radius 3 is 2.54 bits per heavy atom. The summed E-state index contributed by atoms with van der Waals surface area (Å²) in [6.45, 7) is 10.5. The molecule has 1 aliphatic carbocycles. The summed E-state index contributed by atoms with van der Waals surface area (Å²) < 4.78 is 7.29. The Hall–Kier alpha value is -2.30. The van der Waals surface area contributed by atoms with Gasteiger partial charge in [0.15, 0.2) is 0 Å². The largest absolute Gasteiger partial charge is 0.496 e. The molecule has 0 saturated carbocycles. The highest BCUT2D eigenvalue weighted by atomic mass is 16.5. The van der Waals surface area contributed by atoms with E-state index in [-0.39, 0.29) is 12.0 Å². The molecule has 0 atom stereocenters.